The van der Waals surface area contributed by atoms with Crippen LogP contribution in [0.25, 0.3) is 0 Å². The predicted octanol–water partition coefficient (Wildman–Crippen LogP) is 3.02. The van der Waals surface area contributed by atoms with Crippen molar-refractivity contribution < 1.29 is 0 Å². The van der Waals surface area contributed by atoms with Crippen LogP contribution in [-0.2, 0) is 0 Å². The van der Waals surface area contributed by atoms with E-state index in [-0.39, 0.29) is 5.28 Å². The van der Waals surface area contributed by atoms with Crippen LogP contribution >= 0.6 is 23.2 Å². The van der Waals surface area contributed by atoms with Gasteiger partial charge >= 0.3 is 0 Å². The summed E-state index contributed by atoms with van der Waals surface area (Å²) in [6, 6.07) is 0. The van der Waals surface area contributed by atoms with Gasteiger partial charge in [-0.15, -0.1) is 0 Å². The van der Waals surface area contributed by atoms with E-state index >= 15 is 0 Å². The highest BCUT2D eigenvalue weighted by molar-refractivity contribution is 6.33. The van der Waals surface area contributed by atoms with Crippen LogP contribution in [0, 0.1) is 5.92 Å². The lowest BCUT2D eigenvalue weighted by molar-refractivity contribution is 0.568. The van der Waals surface area contributed by atoms with Crippen LogP contribution in [0.2, 0.25) is 10.3 Å². The third-order valence-electron chi connectivity index (χ3n) is 2.86. The second-order valence-corrected chi connectivity index (χ2v) is 4.56. The van der Waals surface area contributed by atoms with E-state index in [0.29, 0.717) is 5.02 Å². The molecule has 1 aliphatic rings. The second kappa shape index (κ2) is 4.54. The number of hydrogen-bond donors (Lipinski definition) is 0. The number of halogens is 2. The molecule has 0 radical (unpaired) electrons. The molecule has 0 N–H and O–H groups in total. The summed E-state index contributed by atoms with van der Waals surface area (Å²) in [6.45, 7) is 4.23. The SMILES string of the molecule is CCC1CCN(c2nc(Cl)ncc2Cl)C1. The first-order valence-electron chi connectivity index (χ1n) is 5.13. The Kier molecular flexibility index (Phi) is 3.32. The molecule has 2 rings (SSSR count). The minimum absolute atomic E-state index is 0.259. The molecule has 0 saturated carbocycles. The molecule has 1 atom stereocenters. The minimum atomic E-state index is 0.259. The van der Waals surface area contributed by atoms with Crippen molar-refractivity contribution in [1.29, 1.82) is 0 Å². The van der Waals surface area contributed by atoms with Gasteiger partial charge in [0.05, 0.1) is 6.20 Å². The van der Waals surface area contributed by atoms with Crippen molar-refractivity contribution >= 4 is 29.0 Å². The lowest BCUT2D eigenvalue weighted by Crippen LogP contribution is -2.21. The Balaban J connectivity index is 2.19. The van der Waals surface area contributed by atoms with E-state index in [2.05, 4.69) is 21.8 Å². The van der Waals surface area contributed by atoms with Gasteiger partial charge in [0.25, 0.3) is 0 Å². The lowest BCUT2D eigenvalue weighted by Gasteiger charge is -2.18. The van der Waals surface area contributed by atoms with E-state index in [0.717, 1.165) is 24.8 Å². The van der Waals surface area contributed by atoms with Crippen molar-refractivity contribution in [1.82, 2.24) is 9.97 Å². The first-order valence-corrected chi connectivity index (χ1v) is 5.89. The van der Waals surface area contributed by atoms with Crippen LogP contribution in [0.1, 0.15) is 19.8 Å². The fraction of sp³-hybridized carbons (Fsp3) is 0.600. The van der Waals surface area contributed by atoms with Crippen LogP contribution in [0.3, 0.4) is 0 Å². The monoisotopic (exact) mass is 245 g/mol. The summed E-state index contributed by atoms with van der Waals surface area (Å²) in [5.74, 6) is 1.52. The van der Waals surface area contributed by atoms with Crippen LogP contribution in [0.4, 0.5) is 5.82 Å². The molecule has 82 valence electrons. The fourth-order valence-electron chi connectivity index (χ4n) is 1.92. The molecule has 1 aromatic rings. The summed E-state index contributed by atoms with van der Waals surface area (Å²) in [6.07, 6.45) is 3.97. The zero-order valence-corrected chi connectivity index (χ0v) is 10.1. The van der Waals surface area contributed by atoms with E-state index in [9.17, 15) is 0 Å². The van der Waals surface area contributed by atoms with Crippen LogP contribution in [-0.4, -0.2) is 23.1 Å². The van der Waals surface area contributed by atoms with Crippen molar-refractivity contribution in [2.24, 2.45) is 5.92 Å². The summed E-state index contributed by atoms with van der Waals surface area (Å²) in [4.78, 5) is 10.2. The Morgan fingerprint density at radius 2 is 2.33 bits per heavy atom. The third-order valence-corrected chi connectivity index (χ3v) is 3.31. The zero-order chi connectivity index (χ0) is 10.8. The molecule has 0 aliphatic carbocycles. The van der Waals surface area contributed by atoms with Gasteiger partial charge in [0.15, 0.2) is 5.82 Å². The average molecular weight is 246 g/mol. The van der Waals surface area contributed by atoms with Gasteiger partial charge in [-0.25, -0.2) is 4.98 Å². The molecular weight excluding hydrogens is 233 g/mol. The van der Waals surface area contributed by atoms with Crippen molar-refractivity contribution in [3.63, 3.8) is 0 Å². The van der Waals surface area contributed by atoms with E-state index < -0.39 is 0 Å². The molecule has 1 saturated heterocycles. The normalized spacial score (nSPS) is 21.0. The summed E-state index contributed by atoms with van der Waals surface area (Å²) in [5.41, 5.74) is 0. The Hall–Kier alpha value is -0.540. The molecule has 5 heteroatoms. The van der Waals surface area contributed by atoms with Crippen molar-refractivity contribution in [3.8, 4) is 0 Å². The molecule has 1 unspecified atom stereocenters. The molecule has 0 amide bonds. The molecule has 15 heavy (non-hydrogen) atoms. The lowest BCUT2D eigenvalue weighted by atomic mass is 10.1. The van der Waals surface area contributed by atoms with E-state index in [1.807, 2.05) is 0 Å². The van der Waals surface area contributed by atoms with Crippen LogP contribution < -0.4 is 4.90 Å². The summed E-state index contributed by atoms with van der Waals surface area (Å²) >= 11 is 11.8. The van der Waals surface area contributed by atoms with Crippen molar-refractivity contribution in [3.05, 3.63) is 16.5 Å². The number of rotatable bonds is 2. The van der Waals surface area contributed by atoms with Gasteiger partial charge in [0, 0.05) is 13.1 Å². The largest absolute Gasteiger partial charge is 0.355 e. The van der Waals surface area contributed by atoms with Crippen molar-refractivity contribution in [2.75, 3.05) is 18.0 Å². The fourth-order valence-corrected chi connectivity index (χ4v) is 2.26. The van der Waals surface area contributed by atoms with Gasteiger partial charge in [-0.3, -0.25) is 0 Å². The molecule has 1 fully saturated rings. The highest BCUT2D eigenvalue weighted by atomic mass is 35.5. The molecule has 3 nitrogen and oxygen atoms in total. The van der Waals surface area contributed by atoms with Gasteiger partial charge in [0.2, 0.25) is 5.28 Å². The molecule has 1 aliphatic heterocycles. The smallest absolute Gasteiger partial charge is 0.224 e. The molecule has 0 bridgehead atoms. The second-order valence-electron chi connectivity index (χ2n) is 3.82. The van der Waals surface area contributed by atoms with Gasteiger partial charge in [-0.1, -0.05) is 24.9 Å². The molecule has 1 aromatic heterocycles. The standard InChI is InChI=1S/C10H13Cl2N3/c1-2-7-3-4-15(6-7)9-8(11)5-13-10(12)14-9/h5,7H,2-4,6H2,1H3. The van der Waals surface area contributed by atoms with Gasteiger partial charge in [-0.2, -0.15) is 4.98 Å². The average Bonchev–Trinajstić information content (AvgIpc) is 2.70. The topological polar surface area (TPSA) is 29.0 Å². The van der Waals surface area contributed by atoms with Crippen molar-refractivity contribution in [2.45, 2.75) is 19.8 Å². The van der Waals surface area contributed by atoms with Gasteiger partial charge in [0.1, 0.15) is 5.02 Å². The molecule has 2 heterocycles. The summed E-state index contributed by atoms with van der Waals surface area (Å²) in [7, 11) is 0. The number of anilines is 1. The first kappa shape index (κ1) is 11.0. The Morgan fingerprint density at radius 1 is 1.53 bits per heavy atom. The Labute approximate surface area is 99.4 Å². The number of nitrogens with zero attached hydrogens (tertiary/aromatic N) is 3. The van der Waals surface area contributed by atoms with E-state index in [1.54, 1.807) is 6.20 Å². The van der Waals surface area contributed by atoms with Gasteiger partial charge < -0.3 is 4.90 Å². The highest BCUT2D eigenvalue weighted by Crippen LogP contribution is 2.29. The molecule has 0 aromatic carbocycles. The van der Waals surface area contributed by atoms with Gasteiger partial charge in [-0.05, 0) is 23.9 Å². The van der Waals surface area contributed by atoms with Crippen LogP contribution in [0.5, 0.6) is 0 Å². The Bertz CT molecular complexity index is 357. The summed E-state index contributed by atoms with van der Waals surface area (Å²) < 4.78 is 0. The van der Waals surface area contributed by atoms with E-state index in [4.69, 9.17) is 23.2 Å². The molecular formula is C10H13Cl2N3. The maximum atomic E-state index is 6.04. The minimum Gasteiger partial charge on any atom is -0.355 e. The Morgan fingerprint density at radius 3 is 3.00 bits per heavy atom. The summed E-state index contributed by atoms with van der Waals surface area (Å²) in [5, 5.41) is 0.838. The molecule has 0 spiro atoms. The third kappa shape index (κ3) is 2.34. The van der Waals surface area contributed by atoms with E-state index in [1.165, 1.54) is 12.8 Å². The first-order chi connectivity index (χ1) is 7.20. The number of aromatic nitrogens is 2. The predicted molar refractivity (Wildman–Crippen MR) is 62.7 cm³/mol. The van der Waals surface area contributed by atoms with Crippen LogP contribution in [0.15, 0.2) is 6.20 Å². The quantitative estimate of drug-likeness (QED) is 0.751. The number of hydrogen-bond acceptors (Lipinski definition) is 3. The maximum Gasteiger partial charge on any atom is 0.224 e. The zero-order valence-electron chi connectivity index (χ0n) is 8.58. The highest BCUT2D eigenvalue weighted by Gasteiger charge is 2.23. The maximum absolute atomic E-state index is 6.04.